The number of carbonyl (C=O) groups is 1. The molecule has 0 amide bonds. The van der Waals surface area contributed by atoms with Crippen LogP contribution >= 0.6 is 23.2 Å². The molecule has 0 saturated carbocycles. The van der Waals surface area contributed by atoms with Crippen LogP contribution in [-0.4, -0.2) is 24.3 Å². The van der Waals surface area contributed by atoms with Crippen molar-refractivity contribution < 1.29 is 19.4 Å². The second-order valence-electron chi connectivity index (χ2n) is 3.08. The number of benzene rings is 1. The van der Waals surface area contributed by atoms with E-state index in [-0.39, 0.29) is 46.0 Å². The first-order chi connectivity index (χ1) is 7.54. The molecule has 86 valence electrons. The number of fused-ring (bicyclic) bond motifs is 1. The summed E-state index contributed by atoms with van der Waals surface area (Å²) in [5.74, 6) is -1.07. The summed E-state index contributed by atoms with van der Waals surface area (Å²) in [7, 11) is 0. The van der Waals surface area contributed by atoms with Crippen molar-refractivity contribution in [3.63, 3.8) is 0 Å². The summed E-state index contributed by atoms with van der Waals surface area (Å²) in [6, 6.07) is 0. The van der Waals surface area contributed by atoms with Gasteiger partial charge in [0.25, 0.3) is 0 Å². The van der Waals surface area contributed by atoms with Gasteiger partial charge in [0.2, 0.25) is 0 Å². The molecule has 0 radical (unpaired) electrons. The van der Waals surface area contributed by atoms with Crippen LogP contribution in [0.3, 0.4) is 0 Å². The van der Waals surface area contributed by atoms with E-state index < -0.39 is 5.97 Å². The molecule has 2 rings (SSSR count). The van der Waals surface area contributed by atoms with E-state index in [4.69, 9.17) is 43.5 Å². The highest BCUT2D eigenvalue weighted by atomic mass is 35.5. The fourth-order valence-corrected chi connectivity index (χ4v) is 1.87. The molecule has 0 saturated heterocycles. The van der Waals surface area contributed by atoms with Crippen molar-refractivity contribution in [2.45, 2.75) is 0 Å². The number of carboxylic acids is 1. The Hall–Kier alpha value is -1.33. The summed E-state index contributed by atoms with van der Waals surface area (Å²) in [6.45, 7) is 0.527. The van der Waals surface area contributed by atoms with E-state index in [0.29, 0.717) is 0 Å². The van der Waals surface area contributed by atoms with Crippen LogP contribution in [0.25, 0.3) is 0 Å². The van der Waals surface area contributed by atoms with E-state index in [0.717, 1.165) is 0 Å². The number of hydrogen-bond donors (Lipinski definition) is 2. The number of halogens is 2. The minimum absolute atomic E-state index is 0.0330. The molecule has 1 aromatic carbocycles. The summed E-state index contributed by atoms with van der Waals surface area (Å²) < 4.78 is 10.4. The summed E-state index contributed by atoms with van der Waals surface area (Å²) in [6.07, 6.45) is 0. The maximum Gasteiger partial charge on any atom is 0.341 e. The maximum absolute atomic E-state index is 11.0. The lowest BCUT2D eigenvalue weighted by Gasteiger charge is -2.22. The molecule has 0 atom stereocenters. The van der Waals surface area contributed by atoms with Gasteiger partial charge >= 0.3 is 5.97 Å². The van der Waals surface area contributed by atoms with Crippen molar-refractivity contribution in [2.24, 2.45) is 0 Å². The quantitative estimate of drug-likeness (QED) is 0.758. The van der Waals surface area contributed by atoms with Crippen molar-refractivity contribution in [1.82, 2.24) is 0 Å². The van der Waals surface area contributed by atoms with Crippen molar-refractivity contribution in [3.05, 3.63) is 15.6 Å². The molecule has 3 N–H and O–H groups in total. The third-order valence-electron chi connectivity index (χ3n) is 2.12. The normalized spacial score (nSPS) is 13.6. The van der Waals surface area contributed by atoms with E-state index in [2.05, 4.69) is 0 Å². The average Bonchev–Trinajstić information content (AvgIpc) is 2.26. The lowest BCUT2D eigenvalue weighted by atomic mass is 10.1. The van der Waals surface area contributed by atoms with Gasteiger partial charge in [0, 0.05) is 0 Å². The molecular weight excluding hydrogens is 257 g/mol. The second-order valence-corrected chi connectivity index (χ2v) is 3.83. The van der Waals surface area contributed by atoms with Crippen molar-refractivity contribution in [2.75, 3.05) is 18.9 Å². The van der Waals surface area contributed by atoms with Gasteiger partial charge in [0.1, 0.15) is 18.8 Å². The Labute approximate surface area is 101 Å². The van der Waals surface area contributed by atoms with Crippen LogP contribution in [0.15, 0.2) is 0 Å². The second kappa shape index (κ2) is 3.92. The molecule has 1 aliphatic rings. The number of rotatable bonds is 1. The van der Waals surface area contributed by atoms with Gasteiger partial charge in [-0.2, -0.15) is 0 Å². The molecule has 7 heteroatoms. The van der Waals surface area contributed by atoms with Crippen LogP contribution in [0.1, 0.15) is 10.4 Å². The molecule has 1 aromatic rings. The molecule has 0 aromatic heterocycles. The molecule has 0 aliphatic carbocycles. The zero-order chi connectivity index (χ0) is 11.9. The smallest absolute Gasteiger partial charge is 0.341 e. The zero-order valence-electron chi connectivity index (χ0n) is 7.92. The SMILES string of the molecule is Nc1c(Cl)c(Cl)c(C(=O)O)c2c1OCCO2. The summed E-state index contributed by atoms with van der Waals surface area (Å²) >= 11 is 11.6. The highest BCUT2D eigenvalue weighted by Gasteiger charge is 2.29. The lowest BCUT2D eigenvalue weighted by Crippen LogP contribution is -2.19. The molecule has 1 heterocycles. The number of ether oxygens (including phenoxy) is 2. The lowest BCUT2D eigenvalue weighted by molar-refractivity contribution is 0.0686. The molecule has 0 unspecified atom stereocenters. The van der Waals surface area contributed by atoms with Crippen molar-refractivity contribution in [3.8, 4) is 11.5 Å². The van der Waals surface area contributed by atoms with E-state index >= 15 is 0 Å². The summed E-state index contributed by atoms with van der Waals surface area (Å²) in [5, 5.41) is 8.84. The van der Waals surface area contributed by atoms with Crippen LogP contribution in [-0.2, 0) is 0 Å². The van der Waals surface area contributed by atoms with Crippen LogP contribution in [0, 0.1) is 0 Å². The first-order valence-electron chi connectivity index (χ1n) is 4.33. The minimum atomic E-state index is -1.24. The fourth-order valence-electron chi connectivity index (χ4n) is 1.42. The number of nitrogens with two attached hydrogens (primary N) is 1. The predicted octanol–water partition coefficient (Wildman–Crippen LogP) is 2.04. The average molecular weight is 264 g/mol. The first kappa shape index (κ1) is 11.2. The molecule has 1 aliphatic heterocycles. The number of nitrogen functional groups attached to an aromatic ring is 1. The van der Waals surface area contributed by atoms with Gasteiger partial charge in [-0.1, -0.05) is 23.2 Å². The molecule has 0 spiro atoms. The molecule has 0 fully saturated rings. The molecule has 16 heavy (non-hydrogen) atoms. The van der Waals surface area contributed by atoms with E-state index in [1.165, 1.54) is 0 Å². The van der Waals surface area contributed by atoms with Crippen molar-refractivity contribution >= 4 is 34.9 Å². The van der Waals surface area contributed by atoms with E-state index in [1.54, 1.807) is 0 Å². The van der Waals surface area contributed by atoms with Crippen LogP contribution in [0.4, 0.5) is 5.69 Å². The van der Waals surface area contributed by atoms with Crippen molar-refractivity contribution in [1.29, 1.82) is 0 Å². The van der Waals surface area contributed by atoms with Gasteiger partial charge in [-0.3, -0.25) is 0 Å². The maximum atomic E-state index is 11.0. The van der Waals surface area contributed by atoms with Crippen LogP contribution in [0.5, 0.6) is 11.5 Å². The molecule has 0 bridgehead atoms. The molecular formula is C9H7Cl2NO4. The topological polar surface area (TPSA) is 81.8 Å². The third kappa shape index (κ3) is 1.52. The third-order valence-corrected chi connectivity index (χ3v) is 2.98. The minimum Gasteiger partial charge on any atom is -0.485 e. The highest BCUT2D eigenvalue weighted by molar-refractivity contribution is 6.46. The van der Waals surface area contributed by atoms with Gasteiger partial charge in [0.15, 0.2) is 11.5 Å². The number of hydrogen-bond acceptors (Lipinski definition) is 4. The van der Waals surface area contributed by atoms with Gasteiger partial charge in [-0.05, 0) is 0 Å². The number of carboxylic acid groups (broad SMARTS) is 1. The Morgan fingerprint density at radius 2 is 1.75 bits per heavy atom. The van der Waals surface area contributed by atoms with Gasteiger partial charge in [-0.15, -0.1) is 0 Å². The number of aromatic carboxylic acids is 1. The predicted molar refractivity (Wildman–Crippen MR) is 58.8 cm³/mol. The van der Waals surface area contributed by atoms with Gasteiger partial charge in [0.05, 0.1) is 15.7 Å². The largest absolute Gasteiger partial charge is 0.485 e. The number of anilines is 1. The Morgan fingerprint density at radius 3 is 2.31 bits per heavy atom. The first-order valence-corrected chi connectivity index (χ1v) is 5.09. The fraction of sp³-hybridized carbons (Fsp3) is 0.222. The zero-order valence-corrected chi connectivity index (χ0v) is 9.43. The highest BCUT2D eigenvalue weighted by Crippen LogP contribution is 2.47. The Balaban J connectivity index is 2.78. The monoisotopic (exact) mass is 263 g/mol. The molecule has 5 nitrogen and oxygen atoms in total. The standard InChI is InChI=1S/C9H7Cl2NO4/c10-4-3(9(13)14)7-8(6(12)5(4)11)16-2-1-15-7/h1-2,12H2,(H,13,14). The van der Waals surface area contributed by atoms with Crippen LogP contribution < -0.4 is 15.2 Å². The van der Waals surface area contributed by atoms with E-state index in [9.17, 15) is 4.79 Å². The van der Waals surface area contributed by atoms with Gasteiger partial charge in [-0.25, -0.2) is 4.79 Å². The van der Waals surface area contributed by atoms with E-state index in [1.807, 2.05) is 0 Å². The van der Waals surface area contributed by atoms with Crippen LogP contribution in [0.2, 0.25) is 10.0 Å². The van der Waals surface area contributed by atoms with Gasteiger partial charge < -0.3 is 20.3 Å². The summed E-state index contributed by atoms with van der Waals surface area (Å²) in [4.78, 5) is 11.0. The Kier molecular flexibility index (Phi) is 2.73. The Bertz CT molecular complexity index is 475. The Morgan fingerprint density at radius 1 is 1.19 bits per heavy atom. The summed E-state index contributed by atoms with van der Waals surface area (Å²) in [5.41, 5.74) is 5.52.